The number of aromatic nitrogens is 1. The van der Waals surface area contributed by atoms with E-state index in [9.17, 15) is 14.0 Å². The Balaban J connectivity index is 1.98. The number of carbonyl (C=O) groups is 2. The fourth-order valence-electron chi connectivity index (χ4n) is 2.82. The number of pyridine rings is 1. The molecule has 1 aliphatic heterocycles. The van der Waals surface area contributed by atoms with Crippen LogP contribution in [0, 0.1) is 5.82 Å². The molecule has 0 spiro atoms. The van der Waals surface area contributed by atoms with E-state index in [0.29, 0.717) is 10.2 Å². The Hall–Kier alpha value is -2.48. The SMILES string of the molecule is CC(C)(C)OC(=O)N1C(=O)N(c2ccc(Br)c(F)c2)CC1c1ccncc1. The first-order valence-corrected chi connectivity index (χ1v) is 9.15. The maximum absolute atomic E-state index is 14.0. The Morgan fingerprint density at radius 3 is 2.52 bits per heavy atom. The average Bonchev–Trinajstić information content (AvgIpc) is 2.94. The number of hydrogen-bond acceptors (Lipinski definition) is 4. The zero-order valence-corrected chi connectivity index (χ0v) is 16.7. The Kier molecular flexibility index (Phi) is 5.19. The second-order valence-electron chi connectivity index (χ2n) is 7.14. The third-order valence-electron chi connectivity index (χ3n) is 4.00. The van der Waals surface area contributed by atoms with E-state index in [2.05, 4.69) is 20.9 Å². The molecule has 3 amide bonds. The molecule has 0 bridgehead atoms. The van der Waals surface area contributed by atoms with Crippen LogP contribution in [0.2, 0.25) is 0 Å². The van der Waals surface area contributed by atoms with Gasteiger partial charge in [-0.2, -0.15) is 0 Å². The van der Waals surface area contributed by atoms with Gasteiger partial charge >= 0.3 is 12.1 Å². The van der Waals surface area contributed by atoms with Crippen LogP contribution in [0.5, 0.6) is 0 Å². The molecular formula is C19H19BrFN3O3. The monoisotopic (exact) mass is 435 g/mol. The second-order valence-corrected chi connectivity index (χ2v) is 7.99. The summed E-state index contributed by atoms with van der Waals surface area (Å²) in [6.07, 6.45) is 2.44. The van der Waals surface area contributed by atoms with Crippen LogP contribution in [0.4, 0.5) is 19.7 Å². The molecule has 0 saturated carbocycles. The van der Waals surface area contributed by atoms with Gasteiger partial charge in [0, 0.05) is 18.1 Å². The standard InChI is InChI=1S/C19H19BrFN3O3/c1-19(2,3)27-18(26)24-16(12-6-8-22-9-7-12)11-23(17(24)25)13-4-5-14(20)15(21)10-13/h4-10,16H,11H2,1-3H3. The molecule has 6 nitrogen and oxygen atoms in total. The molecule has 142 valence electrons. The molecule has 0 aliphatic carbocycles. The van der Waals surface area contributed by atoms with Crippen molar-refractivity contribution in [1.82, 2.24) is 9.88 Å². The molecule has 0 N–H and O–H groups in total. The molecular weight excluding hydrogens is 417 g/mol. The van der Waals surface area contributed by atoms with Crippen molar-refractivity contribution in [3.8, 4) is 0 Å². The highest BCUT2D eigenvalue weighted by Crippen LogP contribution is 2.35. The fraction of sp³-hybridized carbons (Fsp3) is 0.316. The summed E-state index contributed by atoms with van der Waals surface area (Å²) in [4.78, 5) is 32.1. The summed E-state index contributed by atoms with van der Waals surface area (Å²) in [5, 5.41) is 0. The van der Waals surface area contributed by atoms with Crippen LogP contribution in [-0.4, -0.2) is 34.2 Å². The number of imide groups is 1. The zero-order chi connectivity index (χ0) is 19.8. The minimum Gasteiger partial charge on any atom is -0.443 e. The number of hydrogen-bond donors (Lipinski definition) is 0. The molecule has 27 heavy (non-hydrogen) atoms. The van der Waals surface area contributed by atoms with Crippen LogP contribution < -0.4 is 4.90 Å². The van der Waals surface area contributed by atoms with E-state index in [1.165, 1.54) is 17.0 Å². The number of halogens is 2. The molecule has 3 rings (SSSR count). The van der Waals surface area contributed by atoms with Crippen molar-refractivity contribution in [1.29, 1.82) is 0 Å². The summed E-state index contributed by atoms with van der Waals surface area (Å²) >= 11 is 3.10. The smallest absolute Gasteiger partial charge is 0.419 e. The minimum atomic E-state index is -0.753. The first kappa shape index (κ1) is 19.3. The third-order valence-corrected chi connectivity index (χ3v) is 4.64. The van der Waals surface area contributed by atoms with Gasteiger partial charge < -0.3 is 4.74 Å². The summed E-state index contributed by atoms with van der Waals surface area (Å²) in [5.41, 5.74) is 0.354. The molecule has 8 heteroatoms. The van der Waals surface area contributed by atoms with Gasteiger partial charge in [-0.15, -0.1) is 0 Å². The molecule has 1 aromatic heterocycles. The number of rotatable bonds is 2. The Bertz CT molecular complexity index is 870. The van der Waals surface area contributed by atoms with Crippen LogP contribution in [0.3, 0.4) is 0 Å². The lowest BCUT2D eigenvalue weighted by Gasteiger charge is -2.26. The van der Waals surface area contributed by atoms with Crippen LogP contribution in [0.25, 0.3) is 0 Å². The van der Waals surface area contributed by atoms with Crippen molar-refractivity contribution in [2.24, 2.45) is 0 Å². The van der Waals surface area contributed by atoms with Crippen LogP contribution in [0.1, 0.15) is 32.4 Å². The Morgan fingerprint density at radius 1 is 1.26 bits per heavy atom. The zero-order valence-electron chi connectivity index (χ0n) is 15.1. The number of anilines is 1. The lowest BCUT2D eigenvalue weighted by molar-refractivity contribution is 0.0298. The maximum Gasteiger partial charge on any atom is 0.419 e. The largest absolute Gasteiger partial charge is 0.443 e. The summed E-state index contributed by atoms with van der Waals surface area (Å²) < 4.78 is 19.7. The third kappa shape index (κ3) is 4.10. The second kappa shape index (κ2) is 7.26. The lowest BCUT2D eigenvalue weighted by Crippen LogP contribution is -2.41. The van der Waals surface area contributed by atoms with E-state index in [4.69, 9.17) is 4.74 Å². The van der Waals surface area contributed by atoms with Crippen LogP contribution in [-0.2, 0) is 4.74 Å². The quantitative estimate of drug-likeness (QED) is 0.672. The van der Waals surface area contributed by atoms with E-state index in [0.717, 1.165) is 10.5 Å². The van der Waals surface area contributed by atoms with E-state index >= 15 is 0 Å². The van der Waals surface area contributed by atoms with Gasteiger partial charge in [-0.1, -0.05) is 0 Å². The van der Waals surface area contributed by atoms with Crippen molar-refractivity contribution in [3.05, 3.63) is 58.6 Å². The van der Waals surface area contributed by atoms with Gasteiger partial charge in [0.15, 0.2) is 0 Å². The lowest BCUT2D eigenvalue weighted by atomic mass is 10.1. The van der Waals surface area contributed by atoms with Crippen molar-refractivity contribution in [2.75, 3.05) is 11.4 Å². The first-order valence-electron chi connectivity index (χ1n) is 8.36. The van der Waals surface area contributed by atoms with Gasteiger partial charge in [-0.25, -0.2) is 18.9 Å². The van der Waals surface area contributed by atoms with E-state index in [1.807, 2.05) is 0 Å². The average molecular weight is 436 g/mol. The molecule has 1 saturated heterocycles. The van der Waals surface area contributed by atoms with Crippen molar-refractivity contribution < 1.29 is 18.7 Å². The van der Waals surface area contributed by atoms with Crippen molar-refractivity contribution in [2.45, 2.75) is 32.4 Å². The van der Waals surface area contributed by atoms with E-state index in [1.54, 1.807) is 51.4 Å². The van der Waals surface area contributed by atoms with Gasteiger partial charge in [0.1, 0.15) is 11.4 Å². The highest BCUT2D eigenvalue weighted by molar-refractivity contribution is 9.10. The summed E-state index contributed by atoms with van der Waals surface area (Å²) in [7, 11) is 0. The predicted molar refractivity (Wildman–Crippen MR) is 102 cm³/mol. The summed E-state index contributed by atoms with van der Waals surface area (Å²) in [6, 6.07) is 6.74. The minimum absolute atomic E-state index is 0.184. The topological polar surface area (TPSA) is 62.7 Å². The number of nitrogens with zero attached hydrogens (tertiary/aromatic N) is 3. The molecule has 1 aromatic carbocycles. The van der Waals surface area contributed by atoms with E-state index < -0.39 is 29.6 Å². The predicted octanol–water partition coefficient (Wildman–Crippen LogP) is 4.90. The molecule has 1 fully saturated rings. The van der Waals surface area contributed by atoms with Gasteiger partial charge in [0.05, 0.1) is 17.1 Å². The number of amides is 3. The first-order chi connectivity index (χ1) is 12.7. The highest BCUT2D eigenvalue weighted by atomic mass is 79.9. The molecule has 1 unspecified atom stereocenters. The molecule has 0 radical (unpaired) electrons. The normalized spacial score (nSPS) is 17.4. The summed E-state index contributed by atoms with van der Waals surface area (Å²) in [5.74, 6) is -0.489. The number of benzene rings is 1. The van der Waals surface area contributed by atoms with Crippen LogP contribution >= 0.6 is 15.9 Å². The number of ether oxygens (including phenoxy) is 1. The Labute approximate surface area is 165 Å². The maximum atomic E-state index is 14.0. The van der Waals surface area contributed by atoms with Crippen molar-refractivity contribution in [3.63, 3.8) is 0 Å². The van der Waals surface area contributed by atoms with Gasteiger partial charge in [-0.05, 0) is 72.6 Å². The van der Waals surface area contributed by atoms with Gasteiger partial charge in [-0.3, -0.25) is 9.88 Å². The van der Waals surface area contributed by atoms with Crippen LogP contribution in [0.15, 0.2) is 47.2 Å². The molecule has 1 atom stereocenters. The fourth-order valence-corrected chi connectivity index (χ4v) is 3.07. The molecule has 1 aliphatic rings. The van der Waals surface area contributed by atoms with Gasteiger partial charge in [0.25, 0.3) is 0 Å². The van der Waals surface area contributed by atoms with Crippen molar-refractivity contribution >= 4 is 33.7 Å². The van der Waals surface area contributed by atoms with E-state index in [-0.39, 0.29) is 6.54 Å². The highest BCUT2D eigenvalue weighted by Gasteiger charge is 2.44. The molecule has 2 heterocycles. The summed E-state index contributed by atoms with van der Waals surface area (Å²) in [6.45, 7) is 5.38. The number of carbonyl (C=O) groups excluding carboxylic acids is 2. The Morgan fingerprint density at radius 2 is 1.93 bits per heavy atom. The molecule has 2 aromatic rings. The number of urea groups is 1. The van der Waals surface area contributed by atoms with Gasteiger partial charge in [0.2, 0.25) is 0 Å².